The van der Waals surface area contributed by atoms with Crippen molar-refractivity contribution in [2.75, 3.05) is 0 Å². The van der Waals surface area contributed by atoms with Crippen molar-refractivity contribution in [2.45, 2.75) is 33.1 Å². The van der Waals surface area contributed by atoms with Gasteiger partial charge in [0.2, 0.25) is 0 Å². The van der Waals surface area contributed by atoms with E-state index >= 15 is 0 Å². The Bertz CT molecular complexity index is 1050. The highest BCUT2D eigenvalue weighted by Crippen LogP contribution is 2.36. The zero-order valence-corrected chi connectivity index (χ0v) is 14.6. The summed E-state index contributed by atoms with van der Waals surface area (Å²) in [6, 6.07) is 16.6. The number of fused-ring (bicyclic) bond motifs is 3. The van der Waals surface area contributed by atoms with Crippen molar-refractivity contribution in [1.82, 2.24) is 4.98 Å². The molecule has 2 aromatic heterocycles. The first-order valence-electron chi connectivity index (χ1n) is 8.33. The Morgan fingerprint density at radius 3 is 2.42 bits per heavy atom. The molecule has 2 heterocycles. The number of aromatic nitrogens is 1. The van der Waals surface area contributed by atoms with Gasteiger partial charge in [0.1, 0.15) is 11.2 Å². The highest BCUT2D eigenvalue weighted by Gasteiger charge is 2.18. The lowest BCUT2D eigenvalue weighted by Gasteiger charge is -2.21. The SMILES string of the molecule is Cc1cc(-c2cccc3c2oc2ccccc23)ncc1C(C)(C)C. The number of rotatable bonds is 1. The second kappa shape index (κ2) is 5.20. The molecule has 0 aliphatic heterocycles. The van der Waals surface area contributed by atoms with E-state index in [1.165, 1.54) is 11.1 Å². The van der Waals surface area contributed by atoms with Gasteiger partial charge in [-0.25, -0.2) is 0 Å². The fourth-order valence-electron chi connectivity index (χ4n) is 3.44. The topological polar surface area (TPSA) is 26.0 Å². The molecule has 2 heteroatoms. The summed E-state index contributed by atoms with van der Waals surface area (Å²) in [6.45, 7) is 8.81. The number of para-hydroxylation sites is 2. The number of pyridine rings is 1. The van der Waals surface area contributed by atoms with Crippen LogP contribution in [0.4, 0.5) is 0 Å². The van der Waals surface area contributed by atoms with Crippen molar-refractivity contribution in [3.63, 3.8) is 0 Å². The molecule has 0 saturated carbocycles. The van der Waals surface area contributed by atoms with Crippen molar-refractivity contribution in [3.05, 3.63) is 65.9 Å². The highest BCUT2D eigenvalue weighted by molar-refractivity contribution is 6.09. The predicted molar refractivity (Wildman–Crippen MR) is 100 cm³/mol. The first kappa shape index (κ1) is 14.9. The summed E-state index contributed by atoms with van der Waals surface area (Å²) >= 11 is 0. The Balaban J connectivity index is 1.95. The van der Waals surface area contributed by atoms with Crippen LogP contribution in [0, 0.1) is 6.92 Å². The minimum absolute atomic E-state index is 0.0982. The van der Waals surface area contributed by atoms with Gasteiger partial charge in [-0.1, -0.05) is 51.1 Å². The van der Waals surface area contributed by atoms with Gasteiger partial charge in [0.15, 0.2) is 0 Å². The lowest BCUT2D eigenvalue weighted by molar-refractivity contribution is 0.583. The monoisotopic (exact) mass is 315 g/mol. The van der Waals surface area contributed by atoms with Crippen LogP contribution in [0.2, 0.25) is 0 Å². The summed E-state index contributed by atoms with van der Waals surface area (Å²) in [4.78, 5) is 4.74. The van der Waals surface area contributed by atoms with Gasteiger partial charge in [-0.05, 0) is 41.7 Å². The van der Waals surface area contributed by atoms with Gasteiger partial charge in [0.05, 0.1) is 5.69 Å². The molecule has 2 aromatic carbocycles. The molecule has 0 aliphatic carbocycles. The third kappa shape index (κ3) is 2.30. The minimum atomic E-state index is 0.0982. The molecule has 4 aromatic rings. The second-order valence-corrected chi connectivity index (χ2v) is 7.41. The molecule has 0 unspecified atom stereocenters. The predicted octanol–water partition coefficient (Wildman–Crippen LogP) is 6.25. The van der Waals surface area contributed by atoms with E-state index in [1.54, 1.807) is 0 Å². The summed E-state index contributed by atoms with van der Waals surface area (Å²) in [7, 11) is 0. The lowest BCUT2D eigenvalue weighted by atomic mass is 9.85. The number of hydrogen-bond acceptors (Lipinski definition) is 2. The van der Waals surface area contributed by atoms with Gasteiger partial charge in [-0.2, -0.15) is 0 Å². The van der Waals surface area contributed by atoms with Crippen molar-refractivity contribution in [1.29, 1.82) is 0 Å². The Morgan fingerprint density at radius 1 is 0.917 bits per heavy atom. The van der Waals surface area contributed by atoms with E-state index in [0.29, 0.717) is 0 Å². The molecule has 120 valence electrons. The average Bonchev–Trinajstić information content (AvgIpc) is 2.92. The van der Waals surface area contributed by atoms with E-state index in [-0.39, 0.29) is 5.41 Å². The van der Waals surface area contributed by atoms with Gasteiger partial charge in [-0.15, -0.1) is 0 Å². The number of aryl methyl sites for hydroxylation is 1. The van der Waals surface area contributed by atoms with Gasteiger partial charge in [0.25, 0.3) is 0 Å². The first-order valence-corrected chi connectivity index (χ1v) is 8.33. The van der Waals surface area contributed by atoms with Crippen LogP contribution < -0.4 is 0 Å². The third-order valence-corrected chi connectivity index (χ3v) is 4.60. The smallest absolute Gasteiger partial charge is 0.144 e. The van der Waals surface area contributed by atoms with E-state index in [0.717, 1.165) is 33.2 Å². The molecular formula is C22H21NO. The summed E-state index contributed by atoms with van der Waals surface area (Å²) < 4.78 is 6.14. The van der Waals surface area contributed by atoms with Crippen LogP contribution in [0.25, 0.3) is 33.2 Å². The summed E-state index contributed by atoms with van der Waals surface area (Å²) in [5, 5.41) is 2.29. The van der Waals surface area contributed by atoms with Crippen LogP contribution in [-0.4, -0.2) is 4.98 Å². The Hall–Kier alpha value is -2.61. The summed E-state index contributed by atoms with van der Waals surface area (Å²) in [6.07, 6.45) is 2.01. The highest BCUT2D eigenvalue weighted by atomic mass is 16.3. The molecule has 0 fully saturated rings. The lowest BCUT2D eigenvalue weighted by Crippen LogP contribution is -2.13. The van der Waals surface area contributed by atoms with Crippen molar-refractivity contribution < 1.29 is 4.42 Å². The number of benzene rings is 2. The fraction of sp³-hybridized carbons (Fsp3) is 0.227. The number of hydrogen-bond donors (Lipinski definition) is 0. The Labute approximate surface area is 142 Å². The van der Waals surface area contributed by atoms with Crippen LogP contribution in [0.1, 0.15) is 31.9 Å². The van der Waals surface area contributed by atoms with Gasteiger partial charge >= 0.3 is 0 Å². The molecule has 24 heavy (non-hydrogen) atoms. The van der Waals surface area contributed by atoms with Crippen LogP contribution in [0.5, 0.6) is 0 Å². The van der Waals surface area contributed by atoms with E-state index in [1.807, 2.05) is 24.4 Å². The van der Waals surface area contributed by atoms with Gasteiger partial charge in [-0.3, -0.25) is 4.98 Å². The molecule has 4 rings (SSSR count). The number of nitrogens with zero attached hydrogens (tertiary/aromatic N) is 1. The largest absolute Gasteiger partial charge is 0.455 e. The minimum Gasteiger partial charge on any atom is -0.455 e. The van der Waals surface area contributed by atoms with Crippen molar-refractivity contribution >= 4 is 21.9 Å². The maximum Gasteiger partial charge on any atom is 0.144 e. The van der Waals surface area contributed by atoms with Crippen LogP contribution in [-0.2, 0) is 5.41 Å². The van der Waals surface area contributed by atoms with E-state index in [2.05, 4.69) is 58.0 Å². The van der Waals surface area contributed by atoms with E-state index in [4.69, 9.17) is 9.40 Å². The Morgan fingerprint density at radius 2 is 1.67 bits per heavy atom. The normalized spacial score (nSPS) is 12.2. The zero-order valence-electron chi connectivity index (χ0n) is 14.6. The molecular weight excluding hydrogens is 294 g/mol. The molecule has 0 spiro atoms. The molecule has 0 bridgehead atoms. The van der Waals surface area contributed by atoms with Crippen molar-refractivity contribution in [3.8, 4) is 11.3 Å². The third-order valence-electron chi connectivity index (χ3n) is 4.60. The van der Waals surface area contributed by atoms with E-state index < -0.39 is 0 Å². The average molecular weight is 315 g/mol. The van der Waals surface area contributed by atoms with Crippen LogP contribution in [0.15, 0.2) is 59.1 Å². The molecule has 0 aliphatic rings. The van der Waals surface area contributed by atoms with E-state index in [9.17, 15) is 0 Å². The second-order valence-electron chi connectivity index (χ2n) is 7.41. The van der Waals surface area contributed by atoms with Crippen LogP contribution in [0.3, 0.4) is 0 Å². The molecule has 0 saturated heterocycles. The summed E-state index contributed by atoms with van der Waals surface area (Å²) in [5.74, 6) is 0. The maximum absolute atomic E-state index is 6.14. The standard InChI is InChI=1S/C22H21NO/c1-14-12-19(23-13-18(14)22(2,3)4)17-10-7-9-16-15-8-5-6-11-20(15)24-21(16)17/h5-13H,1-4H3. The molecule has 0 amide bonds. The molecule has 0 radical (unpaired) electrons. The van der Waals surface area contributed by atoms with Crippen LogP contribution >= 0.6 is 0 Å². The summed E-state index contributed by atoms with van der Waals surface area (Å²) in [5.41, 5.74) is 6.49. The molecule has 2 nitrogen and oxygen atoms in total. The van der Waals surface area contributed by atoms with Crippen molar-refractivity contribution in [2.24, 2.45) is 0 Å². The molecule has 0 N–H and O–H groups in total. The molecule has 0 atom stereocenters. The quantitative estimate of drug-likeness (QED) is 0.414. The van der Waals surface area contributed by atoms with Gasteiger partial charge < -0.3 is 4.42 Å². The Kier molecular flexibility index (Phi) is 3.24. The maximum atomic E-state index is 6.14. The zero-order chi connectivity index (χ0) is 16.9. The first-order chi connectivity index (χ1) is 11.4. The fourth-order valence-corrected chi connectivity index (χ4v) is 3.44. The number of furan rings is 1. The van der Waals surface area contributed by atoms with Gasteiger partial charge in [0, 0.05) is 22.5 Å².